The number of ether oxygens (including phenoxy) is 1. The Kier molecular flexibility index (Phi) is 4.23. The molecule has 0 radical (unpaired) electrons. The summed E-state index contributed by atoms with van der Waals surface area (Å²) >= 11 is 5.01. The zero-order valence-corrected chi connectivity index (χ0v) is 12.8. The number of anilines is 1. The maximum Gasteiger partial charge on any atom is 0.274 e. The van der Waals surface area contributed by atoms with E-state index in [2.05, 4.69) is 10.4 Å². The van der Waals surface area contributed by atoms with Crippen molar-refractivity contribution in [1.82, 2.24) is 9.78 Å². The van der Waals surface area contributed by atoms with Gasteiger partial charge >= 0.3 is 0 Å². The van der Waals surface area contributed by atoms with Gasteiger partial charge in [-0.05, 0) is 25.1 Å². The van der Waals surface area contributed by atoms with E-state index in [9.17, 15) is 4.79 Å². The molecule has 1 heterocycles. The molecule has 6 nitrogen and oxygen atoms in total. The van der Waals surface area contributed by atoms with Crippen LogP contribution in [-0.2, 0) is 7.05 Å². The Labute approximate surface area is 127 Å². The molecule has 0 fully saturated rings. The summed E-state index contributed by atoms with van der Waals surface area (Å²) in [5.74, 6) is 0.188. The molecule has 7 heteroatoms. The Morgan fingerprint density at radius 1 is 1.48 bits per heavy atom. The van der Waals surface area contributed by atoms with Crippen LogP contribution in [0, 0.1) is 6.92 Å². The first-order valence-electron chi connectivity index (χ1n) is 6.23. The fourth-order valence-corrected chi connectivity index (χ4v) is 2.21. The molecule has 0 saturated carbocycles. The zero-order chi connectivity index (χ0) is 15.6. The van der Waals surface area contributed by atoms with Crippen LogP contribution in [0.2, 0.25) is 0 Å². The minimum absolute atomic E-state index is 0.186. The highest BCUT2D eigenvalue weighted by atomic mass is 32.1. The molecule has 0 spiro atoms. The largest absolute Gasteiger partial charge is 0.495 e. The van der Waals surface area contributed by atoms with Crippen LogP contribution >= 0.6 is 12.2 Å². The van der Waals surface area contributed by atoms with Gasteiger partial charge in [-0.3, -0.25) is 9.48 Å². The summed E-state index contributed by atoms with van der Waals surface area (Å²) in [5, 5.41) is 6.94. The number of methoxy groups -OCH3 is 1. The minimum atomic E-state index is -0.305. The quantitative estimate of drug-likeness (QED) is 0.839. The Hall–Kier alpha value is -2.41. The summed E-state index contributed by atoms with van der Waals surface area (Å²) in [6, 6.07) is 6.92. The van der Waals surface area contributed by atoms with Gasteiger partial charge in [-0.15, -0.1) is 0 Å². The molecule has 110 valence electrons. The van der Waals surface area contributed by atoms with Crippen LogP contribution in [0.1, 0.15) is 21.7 Å². The molecule has 1 aromatic carbocycles. The predicted octanol–water partition coefficient (Wildman–Crippen LogP) is 1.62. The second-order valence-electron chi connectivity index (χ2n) is 4.50. The van der Waals surface area contributed by atoms with Crippen molar-refractivity contribution < 1.29 is 9.53 Å². The lowest BCUT2D eigenvalue weighted by Gasteiger charge is -2.14. The number of para-hydroxylation sites is 1. The Balaban J connectivity index is 2.41. The van der Waals surface area contributed by atoms with E-state index in [0.717, 1.165) is 5.69 Å². The van der Waals surface area contributed by atoms with Crippen LogP contribution in [0.4, 0.5) is 5.69 Å². The average Bonchev–Trinajstić information content (AvgIpc) is 2.77. The van der Waals surface area contributed by atoms with Crippen molar-refractivity contribution in [3.05, 3.63) is 41.2 Å². The summed E-state index contributed by atoms with van der Waals surface area (Å²) < 4.78 is 6.77. The lowest BCUT2D eigenvalue weighted by Crippen LogP contribution is -2.20. The number of aryl methyl sites for hydroxylation is 2. The topological polar surface area (TPSA) is 82.2 Å². The number of benzene rings is 1. The first-order chi connectivity index (χ1) is 9.93. The van der Waals surface area contributed by atoms with E-state index in [1.54, 1.807) is 31.3 Å². The van der Waals surface area contributed by atoms with Gasteiger partial charge in [0.2, 0.25) is 0 Å². The number of nitrogens with two attached hydrogens (primary N) is 1. The maximum atomic E-state index is 12.4. The van der Waals surface area contributed by atoms with Crippen molar-refractivity contribution in [2.75, 3.05) is 12.4 Å². The molecule has 0 bridgehead atoms. The van der Waals surface area contributed by atoms with Crippen LogP contribution in [-0.4, -0.2) is 27.8 Å². The number of carbonyl (C=O) groups is 1. The Morgan fingerprint density at radius 3 is 2.71 bits per heavy atom. The molecule has 21 heavy (non-hydrogen) atoms. The average molecular weight is 304 g/mol. The Bertz CT molecular complexity index is 709. The normalized spacial score (nSPS) is 10.2. The third kappa shape index (κ3) is 3.03. The number of carbonyl (C=O) groups excluding carboxylic acids is 1. The van der Waals surface area contributed by atoms with Crippen molar-refractivity contribution >= 4 is 28.8 Å². The van der Waals surface area contributed by atoms with Crippen molar-refractivity contribution in [1.29, 1.82) is 0 Å². The molecule has 1 aromatic heterocycles. The Morgan fingerprint density at radius 2 is 2.19 bits per heavy atom. The van der Waals surface area contributed by atoms with E-state index < -0.39 is 0 Å². The molecule has 3 N–H and O–H groups in total. The summed E-state index contributed by atoms with van der Waals surface area (Å²) in [4.78, 5) is 12.6. The van der Waals surface area contributed by atoms with Crippen LogP contribution in [0.3, 0.4) is 0 Å². The summed E-state index contributed by atoms with van der Waals surface area (Å²) in [7, 11) is 3.22. The van der Waals surface area contributed by atoms with Crippen molar-refractivity contribution in [2.45, 2.75) is 6.92 Å². The number of amides is 1. The van der Waals surface area contributed by atoms with Gasteiger partial charge in [0.1, 0.15) is 16.4 Å². The lowest BCUT2D eigenvalue weighted by molar-refractivity contribution is 0.101. The zero-order valence-electron chi connectivity index (χ0n) is 12.0. The van der Waals surface area contributed by atoms with Gasteiger partial charge in [0.25, 0.3) is 5.91 Å². The van der Waals surface area contributed by atoms with Gasteiger partial charge in [0.15, 0.2) is 0 Å². The van der Waals surface area contributed by atoms with E-state index in [4.69, 9.17) is 22.7 Å². The highest BCUT2D eigenvalue weighted by Gasteiger charge is 2.17. The van der Waals surface area contributed by atoms with E-state index >= 15 is 0 Å². The molecule has 0 saturated heterocycles. The van der Waals surface area contributed by atoms with Gasteiger partial charge in [0, 0.05) is 12.6 Å². The molecule has 2 aromatic rings. The van der Waals surface area contributed by atoms with Gasteiger partial charge < -0.3 is 15.8 Å². The van der Waals surface area contributed by atoms with Crippen LogP contribution < -0.4 is 15.8 Å². The number of nitrogens with zero attached hydrogens (tertiary/aromatic N) is 2. The second kappa shape index (κ2) is 5.92. The number of hydrogen-bond donors (Lipinski definition) is 2. The van der Waals surface area contributed by atoms with E-state index in [1.165, 1.54) is 11.8 Å². The smallest absolute Gasteiger partial charge is 0.274 e. The molecular weight excluding hydrogens is 288 g/mol. The molecule has 1 amide bonds. The van der Waals surface area contributed by atoms with Gasteiger partial charge in [-0.1, -0.05) is 18.3 Å². The predicted molar refractivity (Wildman–Crippen MR) is 84.8 cm³/mol. The standard InChI is InChI=1S/C14H16N4O2S/c1-8-7-10(18(2)17-8)14(19)16-12-9(13(15)21)5-4-6-11(12)20-3/h4-7H,1-3H3,(H2,15,21)(H,16,19). The van der Waals surface area contributed by atoms with Gasteiger partial charge in [-0.25, -0.2) is 0 Å². The van der Waals surface area contributed by atoms with Crippen LogP contribution in [0.5, 0.6) is 5.75 Å². The second-order valence-corrected chi connectivity index (χ2v) is 4.94. The van der Waals surface area contributed by atoms with Gasteiger partial charge in [0.05, 0.1) is 18.5 Å². The molecule has 0 atom stereocenters. The summed E-state index contributed by atoms with van der Waals surface area (Å²) in [5.41, 5.74) is 7.90. The minimum Gasteiger partial charge on any atom is -0.495 e. The fourth-order valence-electron chi connectivity index (χ4n) is 2.04. The highest BCUT2D eigenvalue weighted by molar-refractivity contribution is 7.80. The summed E-state index contributed by atoms with van der Waals surface area (Å²) in [6.45, 7) is 1.82. The third-order valence-corrected chi connectivity index (χ3v) is 3.20. The van der Waals surface area contributed by atoms with Crippen molar-refractivity contribution in [2.24, 2.45) is 12.8 Å². The number of nitrogens with one attached hydrogen (secondary N) is 1. The third-order valence-electron chi connectivity index (χ3n) is 2.98. The maximum absolute atomic E-state index is 12.4. The number of thiocarbonyl (C=S) groups is 1. The lowest BCUT2D eigenvalue weighted by atomic mass is 10.1. The SMILES string of the molecule is COc1cccc(C(N)=S)c1NC(=O)c1cc(C)nn1C. The number of hydrogen-bond acceptors (Lipinski definition) is 4. The molecule has 0 unspecified atom stereocenters. The fraction of sp³-hybridized carbons (Fsp3) is 0.214. The van der Waals surface area contributed by atoms with E-state index in [-0.39, 0.29) is 10.9 Å². The molecule has 2 rings (SSSR count). The molecule has 0 aliphatic carbocycles. The van der Waals surface area contributed by atoms with E-state index in [1.807, 2.05) is 6.92 Å². The number of aromatic nitrogens is 2. The first-order valence-corrected chi connectivity index (χ1v) is 6.63. The van der Waals surface area contributed by atoms with Crippen molar-refractivity contribution in [3.63, 3.8) is 0 Å². The first kappa shape index (κ1) is 15.0. The highest BCUT2D eigenvalue weighted by Crippen LogP contribution is 2.28. The summed E-state index contributed by atoms with van der Waals surface area (Å²) in [6.07, 6.45) is 0. The van der Waals surface area contributed by atoms with Crippen LogP contribution in [0.25, 0.3) is 0 Å². The van der Waals surface area contributed by atoms with Crippen LogP contribution in [0.15, 0.2) is 24.3 Å². The molecule has 0 aliphatic heterocycles. The molecule has 0 aliphatic rings. The monoisotopic (exact) mass is 304 g/mol. The molecular formula is C14H16N4O2S. The van der Waals surface area contributed by atoms with E-state index in [0.29, 0.717) is 22.7 Å². The van der Waals surface area contributed by atoms with Gasteiger partial charge in [-0.2, -0.15) is 5.10 Å². The number of rotatable bonds is 4. The van der Waals surface area contributed by atoms with Crippen molar-refractivity contribution in [3.8, 4) is 5.75 Å².